The number of rotatable bonds is 2. The maximum atomic E-state index is 4.63. The number of hydrogen-bond acceptors (Lipinski definition) is 3. The van der Waals surface area contributed by atoms with Crippen molar-refractivity contribution in [2.75, 3.05) is 19.0 Å². The van der Waals surface area contributed by atoms with Gasteiger partial charge < -0.3 is 4.90 Å². The van der Waals surface area contributed by atoms with Crippen LogP contribution in [-0.2, 0) is 0 Å². The highest BCUT2D eigenvalue weighted by Crippen LogP contribution is 2.21. The fraction of sp³-hybridized carbons (Fsp3) is 0.143. The Bertz CT molecular complexity index is 638. The molecule has 0 spiro atoms. The Labute approximate surface area is 110 Å². The molecule has 0 fully saturated rings. The number of aromatic nitrogens is 2. The van der Waals surface area contributed by atoms with Gasteiger partial charge in [0.1, 0.15) is 0 Å². The molecule has 0 saturated carbocycles. The van der Waals surface area contributed by atoms with E-state index in [0.717, 1.165) is 10.6 Å². The van der Waals surface area contributed by atoms with Crippen molar-refractivity contribution in [2.24, 2.45) is 0 Å². The van der Waals surface area contributed by atoms with Crippen LogP contribution < -0.4 is 9.47 Å². The second-order valence-electron chi connectivity index (χ2n) is 4.32. The van der Waals surface area contributed by atoms with E-state index in [0.29, 0.717) is 0 Å². The standard InChI is InChI=1S/C14H14N3S/c1-16(2)11-7-9-17(10-8-11)14-15-12-5-3-4-6-13(12)18-14/h3-10H,1-2H3/q+1. The molecule has 0 amide bonds. The summed E-state index contributed by atoms with van der Waals surface area (Å²) in [5, 5.41) is 1.00. The van der Waals surface area contributed by atoms with Gasteiger partial charge in [-0.25, -0.2) is 0 Å². The summed E-state index contributed by atoms with van der Waals surface area (Å²) in [6.45, 7) is 0. The zero-order valence-electron chi connectivity index (χ0n) is 10.4. The van der Waals surface area contributed by atoms with Crippen LogP contribution in [0.5, 0.6) is 0 Å². The van der Waals surface area contributed by atoms with Gasteiger partial charge in [0.25, 0.3) is 0 Å². The van der Waals surface area contributed by atoms with E-state index in [1.54, 1.807) is 11.3 Å². The Hall–Kier alpha value is -1.94. The van der Waals surface area contributed by atoms with Gasteiger partial charge >= 0.3 is 5.13 Å². The Morgan fingerprint density at radius 2 is 1.78 bits per heavy atom. The van der Waals surface area contributed by atoms with Crippen molar-refractivity contribution in [3.05, 3.63) is 48.8 Å². The van der Waals surface area contributed by atoms with Crippen LogP contribution in [0.3, 0.4) is 0 Å². The Morgan fingerprint density at radius 1 is 1.06 bits per heavy atom. The molecule has 2 aromatic heterocycles. The molecule has 0 radical (unpaired) electrons. The molecule has 0 saturated heterocycles. The van der Waals surface area contributed by atoms with E-state index in [-0.39, 0.29) is 0 Å². The second kappa shape index (κ2) is 4.38. The fourth-order valence-electron chi connectivity index (χ4n) is 1.81. The quantitative estimate of drug-likeness (QED) is 0.657. The van der Waals surface area contributed by atoms with Crippen molar-refractivity contribution in [2.45, 2.75) is 0 Å². The smallest absolute Gasteiger partial charge is 0.377 e. The van der Waals surface area contributed by atoms with Crippen LogP contribution in [0.4, 0.5) is 5.69 Å². The number of fused-ring (bicyclic) bond motifs is 1. The third kappa shape index (κ3) is 1.95. The topological polar surface area (TPSA) is 20.0 Å². The third-order valence-corrected chi connectivity index (χ3v) is 3.88. The van der Waals surface area contributed by atoms with Crippen LogP contribution in [-0.4, -0.2) is 19.1 Å². The van der Waals surface area contributed by atoms with E-state index < -0.39 is 0 Å². The molecule has 0 N–H and O–H groups in total. The number of benzene rings is 1. The van der Waals surface area contributed by atoms with Crippen LogP contribution in [0.15, 0.2) is 48.8 Å². The normalized spacial score (nSPS) is 10.8. The number of hydrogen-bond donors (Lipinski definition) is 0. The van der Waals surface area contributed by atoms with E-state index in [1.165, 1.54) is 10.4 Å². The summed E-state index contributed by atoms with van der Waals surface area (Å²) in [6, 6.07) is 12.4. The van der Waals surface area contributed by atoms with Crippen LogP contribution >= 0.6 is 11.3 Å². The van der Waals surface area contributed by atoms with Crippen molar-refractivity contribution in [3.8, 4) is 5.13 Å². The number of nitrogens with zero attached hydrogens (tertiary/aromatic N) is 3. The lowest BCUT2D eigenvalue weighted by Gasteiger charge is -2.10. The highest BCUT2D eigenvalue weighted by molar-refractivity contribution is 7.20. The molecule has 90 valence electrons. The predicted octanol–water partition coefficient (Wildman–Crippen LogP) is 2.64. The predicted molar refractivity (Wildman–Crippen MR) is 75.5 cm³/mol. The minimum Gasteiger partial charge on any atom is -0.377 e. The SMILES string of the molecule is CN(C)c1cc[n+](-c2nc3ccccc3s2)cc1. The lowest BCUT2D eigenvalue weighted by atomic mass is 10.3. The van der Waals surface area contributed by atoms with Gasteiger partial charge in [-0.05, 0) is 28.5 Å². The fourth-order valence-corrected chi connectivity index (χ4v) is 2.75. The summed E-state index contributed by atoms with van der Waals surface area (Å²) >= 11 is 1.70. The second-order valence-corrected chi connectivity index (χ2v) is 5.33. The first-order valence-corrected chi connectivity index (χ1v) is 6.60. The van der Waals surface area contributed by atoms with Crippen molar-refractivity contribution in [1.29, 1.82) is 0 Å². The van der Waals surface area contributed by atoms with Crippen molar-refractivity contribution < 1.29 is 4.57 Å². The van der Waals surface area contributed by atoms with Gasteiger partial charge in [0.2, 0.25) is 0 Å². The van der Waals surface area contributed by atoms with Crippen LogP contribution in [0.2, 0.25) is 0 Å². The summed E-state index contributed by atoms with van der Waals surface area (Å²) in [4.78, 5) is 6.71. The minimum atomic E-state index is 1.00. The summed E-state index contributed by atoms with van der Waals surface area (Å²) in [5.74, 6) is 0. The van der Waals surface area contributed by atoms with Gasteiger partial charge in [0.05, 0.1) is 17.1 Å². The maximum Gasteiger partial charge on any atom is 0.388 e. The zero-order valence-corrected chi connectivity index (χ0v) is 11.2. The van der Waals surface area contributed by atoms with E-state index >= 15 is 0 Å². The number of thiazole rings is 1. The molecule has 0 unspecified atom stereocenters. The molecule has 0 bridgehead atoms. The number of anilines is 1. The summed E-state index contributed by atoms with van der Waals surface area (Å²) in [7, 11) is 4.08. The average Bonchev–Trinajstić information content (AvgIpc) is 2.82. The van der Waals surface area contributed by atoms with Crippen molar-refractivity contribution in [3.63, 3.8) is 0 Å². The largest absolute Gasteiger partial charge is 0.388 e. The van der Waals surface area contributed by atoms with E-state index in [2.05, 4.69) is 32.7 Å². The average molecular weight is 256 g/mol. The van der Waals surface area contributed by atoms with Crippen LogP contribution in [0, 0.1) is 0 Å². The molecule has 0 atom stereocenters. The van der Waals surface area contributed by atoms with Crippen molar-refractivity contribution >= 4 is 27.2 Å². The van der Waals surface area contributed by atoms with E-state index in [1.807, 2.05) is 44.7 Å². The van der Waals surface area contributed by atoms with Crippen LogP contribution in [0.25, 0.3) is 15.3 Å². The monoisotopic (exact) mass is 256 g/mol. The summed E-state index contributed by atoms with van der Waals surface area (Å²) in [5.41, 5.74) is 2.24. The molecule has 4 heteroatoms. The Kier molecular flexibility index (Phi) is 2.72. The maximum absolute atomic E-state index is 4.63. The van der Waals surface area contributed by atoms with Gasteiger partial charge in [-0.1, -0.05) is 12.1 Å². The molecular weight excluding hydrogens is 242 g/mol. The molecule has 0 aliphatic carbocycles. The van der Waals surface area contributed by atoms with Crippen LogP contribution in [0.1, 0.15) is 0 Å². The van der Waals surface area contributed by atoms with Gasteiger partial charge in [0, 0.05) is 31.9 Å². The number of pyridine rings is 1. The molecule has 1 aromatic carbocycles. The first-order chi connectivity index (χ1) is 8.74. The Balaban J connectivity index is 2.03. The minimum absolute atomic E-state index is 1.00. The highest BCUT2D eigenvalue weighted by Gasteiger charge is 2.14. The molecule has 0 aliphatic rings. The molecule has 18 heavy (non-hydrogen) atoms. The first-order valence-electron chi connectivity index (χ1n) is 5.78. The van der Waals surface area contributed by atoms with Gasteiger partial charge in [-0.3, -0.25) is 0 Å². The molecule has 3 rings (SSSR count). The highest BCUT2D eigenvalue weighted by atomic mass is 32.1. The van der Waals surface area contributed by atoms with Gasteiger partial charge in [0.15, 0.2) is 5.52 Å². The van der Waals surface area contributed by atoms with E-state index in [4.69, 9.17) is 0 Å². The third-order valence-electron chi connectivity index (χ3n) is 2.83. The molecule has 3 aromatic rings. The van der Waals surface area contributed by atoms with E-state index in [9.17, 15) is 0 Å². The molecule has 3 nitrogen and oxygen atoms in total. The van der Waals surface area contributed by atoms with Gasteiger partial charge in [-0.2, -0.15) is 4.57 Å². The number of para-hydroxylation sites is 1. The zero-order chi connectivity index (χ0) is 12.5. The molecular formula is C14H14N3S+. The Morgan fingerprint density at radius 3 is 2.44 bits per heavy atom. The first kappa shape index (κ1) is 11.2. The molecule has 2 heterocycles. The lowest BCUT2D eigenvalue weighted by Crippen LogP contribution is -2.29. The molecule has 0 aliphatic heterocycles. The van der Waals surface area contributed by atoms with Crippen molar-refractivity contribution in [1.82, 2.24) is 4.98 Å². The summed E-state index contributed by atoms with van der Waals surface area (Å²) in [6.07, 6.45) is 4.10. The van der Waals surface area contributed by atoms with Gasteiger partial charge in [-0.15, -0.1) is 0 Å². The summed E-state index contributed by atoms with van der Waals surface area (Å²) < 4.78 is 3.27. The lowest BCUT2D eigenvalue weighted by molar-refractivity contribution is -0.595.